The summed E-state index contributed by atoms with van der Waals surface area (Å²) >= 11 is 0. The van der Waals surface area contributed by atoms with E-state index in [2.05, 4.69) is 0 Å². The van der Waals surface area contributed by atoms with Crippen molar-refractivity contribution in [1.29, 1.82) is 0 Å². The largest absolute Gasteiger partial charge is 0.466 e. The number of alkyl halides is 3. The lowest BCUT2D eigenvalue weighted by Crippen LogP contribution is -2.05. The van der Waals surface area contributed by atoms with Crippen LogP contribution in [0.25, 0.3) is 6.08 Å². The first-order valence-corrected chi connectivity index (χ1v) is 5.84. The fourth-order valence-electron chi connectivity index (χ4n) is 1.54. The summed E-state index contributed by atoms with van der Waals surface area (Å²) in [5, 5.41) is 0. The Morgan fingerprint density at radius 2 is 2.05 bits per heavy atom. The topological polar surface area (TPSA) is 26.3 Å². The summed E-state index contributed by atoms with van der Waals surface area (Å²) < 4.78 is 42.1. The first-order chi connectivity index (χ1) is 8.84. The van der Waals surface area contributed by atoms with Crippen molar-refractivity contribution in [3.05, 3.63) is 41.0 Å². The van der Waals surface area contributed by atoms with Gasteiger partial charge in [0, 0.05) is 0 Å². The van der Waals surface area contributed by atoms with E-state index in [1.165, 1.54) is 6.07 Å². The maximum atomic E-state index is 12.5. The maximum absolute atomic E-state index is 12.5. The van der Waals surface area contributed by atoms with Crippen LogP contribution < -0.4 is 0 Å². The molecule has 104 valence electrons. The molecule has 1 aromatic rings. The van der Waals surface area contributed by atoms with Crippen molar-refractivity contribution in [1.82, 2.24) is 0 Å². The smallest absolute Gasteiger partial charge is 0.416 e. The van der Waals surface area contributed by atoms with Gasteiger partial charge < -0.3 is 4.74 Å². The summed E-state index contributed by atoms with van der Waals surface area (Å²) in [6.07, 6.45) is -1.04. The fourth-order valence-corrected chi connectivity index (χ4v) is 1.54. The van der Waals surface area contributed by atoms with Crippen LogP contribution >= 0.6 is 0 Å². The lowest BCUT2D eigenvalue weighted by Gasteiger charge is -2.08. The predicted molar refractivity (Wildman–Crippen MR) is 66.5 cm³/mol. The van der Waals surface area contributed by atoms with E-state index in [4.69, 9.17) is 4.74 Å². The molecule has 0 radical (unpaired) electrons. The molecule has 5 heteroatoms. The number of halogens is 3. The second-order valence-corrected chi connectivity index (χ2v) is 3.98. The zero-order valence-corrected chi connectivity index (χ0v) is 10.8. The van der Waals surface area contributed by atoms with Crippen molar-refractivity contribution in [2.45, 2.75) is 26.4 Å². The van der Waals surface area contributed by atoms with Crippen LogP contribution in [0.2, 0.25) is 0 Å². The van der Waals surface area contributed by atoms with Gasteiger partial charge in [-0.05, 0) is 37.1 Å². The molecule has 0 aromatic heterocycles. The number of esters is 1. The van der Waals surface area contributed by atoms with Crippen molar-refractivity contribution >= 4 is 12.0 Å². The summed E-state index contributed by atoms with van der Waals surface area (Å²) in [6.45, 7) is 3.62. The Bertz CT molecular complexity index is 476. The average molecular weight is 272 g/mol. The number of carbonyl (C=O) groups is 1. The zero-order chi connectivity index (χ0) is 14.5. The second kappa shape index (κ2) is 6.41. The SMILES string of the molecule is CCOC(=O)CC=Cc1ccc(C(F)(F)F)cc1C. The van der Waals surface area contributed by atoms with Gasteiger partial charge in [-0.25, -0.2) is 0 Å². The van der Waals surface area contributed by atoms with Gasteiger partial charge in [-0.3, -0.25) is 4.79 Å². The lowest BCUT2D eigenvalue weighted by atomic mass is 10.0. The molecule has 1 aromatic carbocycles. The van der Waals surface area contributed by atoms with Crippen LogP contribution in [0.4, 0.5) is 13.2 Å². The van der Waals surface area contributed by atoms with Crippen LogP contribution in [0.5, 0.6) is 0 Å². The van der Waals surface area contributed by atoms with Crippen molar-refractivity contribution in [2.24, 2.45) is 0 Å². The third-order valence-corrected chi connectivity index (χ3v) is 2.48. The van der Waals surface area contributed by atoms with Gasteiger partial charge in [-0.1, -0.05) is 18.2 Å². The van der Waals surface area contributed by atoms with Gasteiger partial charge in [-0.15, -0.1) is 0 Å². The quantitative estimate of drug-likeness (QED) is 0.775. The van der Waals surface area contributed by atoms with E-state index < -0.39 is 11.7 Å². The van der Waals surface area contributed by atoms with E-state index in [1.54, 1.807) is 26.0 Å². The van der Waals surface area contributed by atoms with Gasteiger partial charge in [0.05, 0.1) is 18.6 Å². The molecule has 0 saturated heterocycles. The van der Waals surface area contributed by atoms with Crippen molar-refractivity contribution < 1.29 is 22.7 Å². The van der Waals surface area contributed by atoms with Gasteiger partial charge in [0.1, 0.15) is 0 Å². The first kappa shape index (κ1) is 15.3. The normalized spacial score (nSPS) is 11.8. The predicted octanol–water partition coefficient (Wildman–Crippen LogP) is 3.98. The molecule has 0 spiro atoms. The van der Waals surface area contributed by atoms with Gasteiger partial charge in [0.15, 0.2) is 0 Å². The molecule has 0 bridgehead atoms. The van der Waals surface area contributed by atoms with Crippen molar-refractivity contribution in [3.8, 4) is 0 Å². The minimum atomic E-state index is -4.34. The van der Waals surface area contributed by atoms with Crippen LogP contribution in [-0.4, -0.2) is 12.6 Å². The molecule has 19 heavy (non-hydrogen) atoms. The van der Waals surface area contributed by atoms with Crippen LogP contribution in [0.3, 0.4) is 0 Å². The van der Waals surface area contributed by atoms with E-state index in [1.807, 2.05) is 0 Å². The fraction of sp³-hybridized carbons (Fsp3) is 0.357. The average Bonchev–Trinajstić information content (AvgIpc) is 2.30. The van der Waals surface area contributed by atoms with E-state index in [0.29, 0.717) is 17.7 Å². The summed E-state index contributed by atoms with van der Waals surface area (Å²) in [6, 6.07) is 3.50. The number of benzene rings is 1. The zero-order valence-electron chi connectivity index (χ0n) is 10.8. The number of rotatable bonds is 4. The molecule has 0 heterocycles. The molecule has 2 nitrogen and oxygen atoms in total. The molecule has 0 amide bonds. The van der Waals surface area contributed by atoms with Crippen LogP contribution in [-0.2, 0) is 15.7 Å². The number of carbonyl (C=O) groups excluding carboxylic acids is 1. The molecule has 0 aliphatic heterocycles. The third-order valence-electron chi connectivity index (χ3n) is 2.48. The Balaban J connectivity index is 2.75. The van der Waals surface area contributed by atoms with Crippen LogP contribution in [0.15, 0.2) is 24.3 Å². The molecule has 0 aliphatic carbocycles. The van der Waals surface area contributed by atoms with Gasteiger partial charge in [0.25, 0.3) is 0 Å². The highest BCUT2D eigenvalue weighted by atomic mass is 19.4. The summed E-state index contributed by atoms with van der Waals surface area (Å²) in [4.78, 5) is 11.1. The Kier molecular flexibility index (Phi) is 5.15. The number of aryl methyl sites for hydroxylation is 1. The molecule has 1 rings (SSSR count). The Hall–Kier alpha value is -1.78. The summed E-state index contributed by atoms with van der Waals surface area (Å²) in [5.41, 5.74) is 0.486. The Morgan fingerprint density at radius 3 is 2.58 bits per heavy atom. The Labute approximate surface area is 109 Å². The van der Waals surface area contributed by atoms with Crippen molar-refractivity contribution in [3.63, 3.8) is 0 Å². The molecular formula is C14H15F3O2. The number of ether oxygens (including phenoxy) is 1. The van der Waals surface area contributed by atoms with Crippen molar-refractivity contribution in [2.75, 3.05) is 6.61 Å². The van der Waals surface area contributed by atoms with E-state index in [9.17, 15) is 18.0 Å². The minimum Gasteiger partial charge on any atom is -0.466 e. The molecule has 0 aliphatic rings. The maximum Gasteiger partial charge on any atom is 0.416 e. The lowest BCUT2D eigenvalue weighted by molar-refractivity contribution is -0.142. The molecule has 0 N–H and O–H groups in total. The highest BCUT2D eigenvalue weighted by Crippen LogP contribution is 2.30. The van der Waals surface area contributed by atoms with E-state index in [-0.39, 0.29) is 12.4 Å². The van der Waals surface area contributed by atoms with E-state index >= 15 is 0 Å². The molecule has 0 unspecified atom stereocenters. The van der Waals surface area contributed by atoms with Gasteiger partial charge in [-0.2, -0.15) is 13.2 Å². The van der Waals surface area contributed by atoms with Gasteiger partial charge >= 0.3 is 12.1 Å². The van der Waals surface area contributed by atoms with E-state index in [0.717, 1.165) is 12.1 Å². The third kappa shape index (κ3) is 4.77. The highest BCUT2D eigenvalue weighted by Gasteiger charge is 2.30. The Morgan fingerprint density at radius 1 is 1.37 bits per heavy atom. The molecule has 0 atom stereocenters. The second-order valence-electron chi connectivity index (χ2n) is 3.98. The van der Waals surface area contributed by atoms with Crippen LogP contribution in [0, 0.1) is 6.92 Å². The molecular weight excluding hydrogens is 257 g/mol. The number of hydrogen-bond donors (Lipinski definition) is 0. The minimum absolute atomic E-state index is 0.105. The van der Waals surface area contributed by atoms with Gasteiger partial charge in [0.2, 0.25) is 0 Å². The summed E-state index contributed by atoms with van der Waals surface area (Å²) in [5.74, 6) is -0.358. The number of hydrogen-bond acceptors (Lipinski definition) is 2. The highest BCUT2D eigenvalue weighted by molar-refractivity contribution is 5.72. The first-order valence-electron chi connectivity index (χ1n) is 5.84. The molecule has 0 fully saturated rings. The standard InChI is InChI=1S/C14H15F3O2/c1-3-19-13(18)6-4-5-11-7-8-12(9-10(11)2)14(15,16)17/h4-5,7-9H,3,6H2,1-2H3. The monoisotopic (exact) mass is 272 g/mol. The van der Waals surface area contributed by atoms with Crippen LogP contribution in [0.1, 0.15) is 30.0 Å². The summed E-state index contributed by atoms with van der Waals surface area (Å²) in [7, 11) is 0. The molecule has 0 saturated carbocycles.